The summed E-state index contributed by atoms with van der Waals surface area (Å²) < 4.78 is 58.9. The molecule has 4 nitrogen and oxygen atoms in total. The number of carbonyl (C=O) groups is 1. The Balaban J connectivity index is 1.88. The number of esters is 1. The van der Waals surface area contributed by atoms with Crippen molar-refractivity contribution in [2.75, 3.05) is 0 Å². The van der Waals surface area contributed by atoms with Crippen molar-refractivity contribution >= 4 is 17.0 Å². The minimum absolute atomic E-state index is 0.163. The Kier molecular flexibility index (Phi) is 4.20. The fourth-order valence-electron chi connectivity index (χ4n) is 2.31. The minimum atomic E-state index is -2.91. The zero-order valence-corrected chi connectivity index (χ0v) is 12.0. The Hall–Kier alpha value is -2.90. The van der Waals surface area contributed by atoms with Gasteiger partial charge in [0.15, 0.2) is 5.82 Å². The summed E-state index contributed by atoms with van der Waals surface area (Å²) in [6, 6.07) is 9.04. The van der Waals surface area contributed by atoms with Gasteiger partial charge in [0.05, 0.1) is 11.0 Å². The summed E-state index contributed by atoms with van der Waals surface area (Å²) >= 11 is 0. The molecule has 1 aromatic heterocycles. The maximum absolute atomic E-state index is 13.5. The smallest absolute Gasteiger partial charge is 0.344 e. The van der Waals surface area contributed by atoms with Gasteiger partial charge in [0.2, 0.25) is 0 Å². The number of hydrogen-bond donors (Lipinski definition) is 0. The number of alkyl halides is 2. The zero-order valence-electron chi connectivity index (χ0n) is 12.0. The fraction of sp³-hybridized carbons (Fsp3) is 0.125. The molecule has 124 valence electrons. The lowest BCUT2D eigenvalue weighted by atomic mass is 10.2. The molecule has 0 unspecified atom stereocenters. The van der Waals surface area contributed by atoms with Crippen LogP contribution in [0.5, 0.6) is 0 Å². The first-order valence-electron chi connectivity index (χ1n) is 6.84. The van der Waals surface area contributed by atoms with E-state index in [1.54, 1.807) is 12.1 Å². The molecule has 0 N–H and O–H groups in total. The van der Waals surface area contributed by atoms with Gasteiger partial charge in [-0.25, -0.2) is 18.6 Å². The van der Waals surface area contributed by atoms with E-state index in [2.05, 4.69) is 4.98 Å². The molecule has 0 radical (unpaired) electrons. The van der Waals surface area contributed by atoms with E-state index in [0.717, 1.165) is 18.2 Å². The van der Waals surface area contributed by atoms with E-state index in [4.69, 9.17) is 4.74 Å². The van der Waals surface area contributed by atoms with Gasteiger partial charge >= 0.3 is 12.5 Å². The van der Waals surface area contributed by atoms with Crippen molar-refractivity contribution in [3.05, 3.63) is 65.5 Å². The van der Waals surface area contributed by atoms with E-state index in [1.807, 2.05) is 0 Å². The second kappa shape index (κ2) is 6.31. The van der Waals surface area contributed by atoms with Gasteiger partial charge in [-0.2, -0.15) is 8.78 Å². The summed E-state index contributed by atoms with van der Waals surface area (Å²) in [4.78, 5) is 15.8. The van der Waals surface area contributed by atoms with Gasteiger partial charge < -0.3 is 4.74 Å². The third-order valence-corrected chi connectivity index (χ3v) is 3.36. The molecule has 0 fully saturated rings. The van der Waals surface area contributed by atoms with E-state index >= 15 is 0 Å². The number of ether oxygens (including phenoxy) is 1. The molecule has 0 atom stereocenters. The maximum Gasteiger partial charge on any atom is 0.344 e. The van der Waals surface area contributed by atoms with Crippen LogP contribution in [-0.4, -0.2) is 15.5 Å². The molecule has 8 heteroatoms. The van der Waals surface area contributed by atoms with Gasteiger partial charge in [-0.1, -0.05) is 18.2 Å². The van der Waals surface area contributed by atoms with Crippen LogP contribution >= 0.6 is 0 Å². The van der Waals surface area contributed by atoms with E-state index in [9.17, 15) is 22.4 Å². The third-order valence-electron chi connectivity index (χ3n) is 3.36. The average Bonchev–Trinajstić information content (AvgIpc) is 2.91. The lowest BCUT2D eigenvalue weighted by Gasteiger charge is -2.09. The highest BCUT2D eigenvalue weighted by Gasteiger charge is 2.22. The highest BCUT2D eigenvalue weighted by atomic mass is 19.3. The Bertz CT molecular complexity index is 888. The van der Waals surface area contributed by atoms with Crippen LogP contribution in [0, 0.1) is 11.6 Å². The molecule has 24 heavy (non-hydrogen) atoms. The number of imidazole rings is 1. The van der Waals surface area contributed by atoms with E-state index in [0.29, 0.717) is 10.1 Å². The van der Waals surface area contributed by atoms with Crippen molar-refractivity contribution in [2.24, 2.45) is 0 Å². The predicted octanol–water partition coefficient (Wildman–Crippen LogP) is 4.07. The van der Waals surface area contributed by atoms with Crippen molar-refractivity contribution in [3.8, 4) is 0 Å². The molecule has 0 bridgehead atoms. The number of rotatable bonds is 4. The maximum atomic E-state index is 13.5. The number of hydrogen-bond acceptors (Lipinski definition) is 3. The first kappa shape index (κ1) is 16.0. The molecule has 2 aromatic carbocycles. The minimum Gasteiger partial charge on any atom is -0.454 e. The van der Waals surface area contributed by atoms with Gasteiger partial charge in [0.25, 0.3) is 0 Å². The van der Waals surface area contributed by atoms with Gasteiger partial charge in [-0.15, -0.1) is 0 Å². The van der Waals surface area contributed by atoms with Crippen LogP contribution < -0.4 is 0 Å². The van der Waals surface area contributed by atoms with Gasteiger partial charge in [-0.05, 0) is 24.3 Å². The second-order valence-corrected chi connectivity index (χ2v) is 4.84. The SMILES string of the molecule is O=C(OCc1nc2ccccc2n1C(F)F)c1c(F)cccc1F. The van der Waals surface area contributed by atoms with Crippen LogP contribution in [0.1, 0.15) is 22.7 Å². The van der Waals surface area contributed by atoms with Crippen LogP contribution in [0.2, 0.25) is 0 Å². The van der Waals surface area contributed by atoms with Crippen molar-refractivity contribution in [3.63, 3.8) is 0 Å². The number of aromatic nitrogens is 2. The number of fused-ring (bicyclic) bond motifs is 1. The quantitative estimate of drug-likeness (QED) is 0.532. The third kappa shape index (κ3) is 2.82. The van der Waals surface area contributed by atoms with E-state index < -0.39 is 36.3 Å². The molecule has 0 amide bonds. The summed E-state index contributed by atoms with van der Waals surface area (Å²) in [6.07, 6.45) is 0. The molecular formula is C16H10F4N2O2. The van der Waals surface area contributed by atoms with Crippen molar-refractivity contribution < 1.29 is 27.1 Å². The lowest BCUT2D eigenvalue weighted by Crippen LogP contribution is -2.13. The molecule has 0 saturated carbocycles. The standard InChI is InChI=1S/C16H10F4N2O2/c17-9-4-3-5-10(18)14(9)15(23)24-8-13-21-11-6-1-2-7-12(11)22(13)16(19)20/h1-7,16H,8H2. The number of nitrogens with zero attached hydrogens (tertiary/aromatic N) is 2. The lowest BCUT2D eigenvalue weighted by molar-refractivity contribution is 0.0378. The largest absolute Gasteiger partial charge is 0.454 e. The number of halogens is 4. The predicted molar refractivity (Wildman–Crippen MR) is 76.5 cm³/mol. The Morgan fingerprint density at radius 2 is 1.75 bits per heavy atom. The van der Waals surface area contributed by atoms with Crippen LogP contribution in [-0.2, 0) is 11.3 Å². The van der Waals surface area contributed by atoms with E-state index in [1.165, 1.54) is 12.1 Å². The number of carbonyl (C=O) groups excluding carboxylic acids is 1. The monoisotopic (exact) mass is 338 g/mol. The summed E-state index contributed by atoms with van der Waals surface area (Å²) in [5.74, 6) is -3.71. The Labute approximate surface area is 133 Å². The normalized spacial score (nSPS) is 11.2. The van der Waals surface area contributed by atoms with Crippen LogP contribution in [0.25, 0.3) is 11.0 Å². The van der Waals surface area contributed by atoms with Gasteiger partial charge in [-0.3, -0.25) is 4.57 Å². The zero-order chi connectivity index (χ0) is 17.3. The van der Waals surface area contributed by atoms with Crippen molar-refractivity contribution in [2.45, 2.75) is 13.2 Å². The first-order chi connectivity index (χ1) is 11.5. The first-order valence-corrected chi connectivity index (χ1v) is 6.84. The van der Waals surface area contributed by atoms with Gasteiger partial charge in [0, 0.05) is 0 Å². The van der Waals surface area contributed by atoms with E-state index in [-0.39, 0.29) is 11.3 Å². The summed E-state index contributed by atoms with van der Waals surface area (Å²) in [6.45, 7) is -3.55. The second-order valence-electron chi connectivity index (χ2n) is 4.84. The average molecular weight is 338 g/mol. The molecule has 0 aliphatic rings. The Morgan fingerprint density at radius 1 is 1.08 bits per heavy atom. The molecule has 3 rings (SSSR count). The number of para-hydroxylation sites is 2. The number of benzene rings is 2. The summed E-state index contributed by atoms with van der Waals surface area (Å²) in [5.41, 5.74) is -0.422. The molecular weight excluding hydrogens is 328 g/mol. The summed E-state index contributed by atoms with van der Waals surface area (Å²) in [7, 11) is 0. The molecule has 0 saturated heterocycles. The van der Waals surface area contributed by atoms with Crippen LogP contribution in [0.15, 0.2) is 42.5 Å². The Morgan fingerprint density at radius 3 is 2.42 bits per heavy atom. The van der Waals surface area contributed by atoms with Gasteiger partial charge in [0.1, 0.15) is 23.8 Å². The highest BCUT2D eigenvalue weighted by Crippen LogP contribution is 2.24. The summed E-state index contributed by atoms with van der Waals surface area (Å²) in [5, 5.41) is 0. The highest BCUT2D eigenvalue weighted by molar-refractivity contribution is 5.90. The van der Waals surface area contributed by atoms with Crippen LogP contribution in [0.4, 0.5) is 17.6 Å². The molecule has 1 heterocycles. The molecule has 0 spiro atoms. The topological polar surface area (TPSA) is 44.1 Å². The fourth-order valence-corrected chi connectivity index (χ4v) is 2.31. The van der Waals surface area contributed by atoms with Crippen molar-refractivity contribution in [1.29, 1.82) is 0 Å². The van der Waals surface area contributed by atoms with Crippen molar-refractivity contribution in [1.82, 2.24) is 9.55 Å². The van der Waals surface area contributed by atoms with Crippen LogP contribution in [0.3, 0.4) is 0 Å². The molecule has 3 aromatic rings. The molecule has 0 aliphatic heterocycles. The molecule has 0 aliphatic carbocycles.